The highest BCUT2D eigenvalue weighted by Crippen LogP contribution is 2.32. The number of sulfonamides is 1. The number of carbonyl (C=O) groups is 1. The first-order valence-corrected chi connectivity index (χ1v) is 8.58. The zero-order chi connectivity index (χ0) is 16.5. The number of methoxy groups -OCH3 is 1. The van der Waals surface area contributed by atoms with Crippen LogP contribution in [0.3, 0.4) is 0 Å². The summed E-state index contributed by atoms with van der Waals surface area (Å²) in [6.45, 7) is 3.78. The molecule has 7 heteroatoms. The van der Waals surface area contributed by atoms with E-state index in [0.29, 0.717) is 30.8 Å². The van der Waals surface area contributed by atoms with Gasteiger partial charge in [-0.15, -0.1) is 0 Å². The van der Waals surface area contributed by atoms with Gasteiger partial charge in [0, 0.05) is 19.3 Å². The molecule has 2 rings (SSSR count). The minimum absolute atomic E-state index is 0.320. The van der Waals surface area contributed by atoms with E-state index in [0.717, 1.165) is 5.56 Å². The predicted octanol–water partition coefficient (Wildman–Crippen LogP) is 1.76. The number of benzene rings is 1. The second-order valence-corrected chi connectivity index (χ2v) is 8.27. The minimum atomic E-state index is -3.65. The Labute approximate surface area is 131 Å². The van der Waals surface area contributed by atoms with E-state index < -0.39 is 20.7 Å². The molecule has 1 aliphatic heterocycles. The third kappa shape index (κ3) is 2.70. The van der Waals surface area contributed by atoms with Crippen LogP contribution in [-0.4, -0.2) is 44.1 Å². The van der Waals surface area contributed by atoms with Crippen LogP contribution in [0.5, 0.6) is 5.75 Å². The number of hydrogen-bond donors (Lipinski definition) is 1. The van der Waals surface area contributed by atoms with E-state index in [2.05, 4.69) is 5.32 Å². The quantitative estimate of drug-likeness (QED) is 0.918. The summed E-state index contributed by atoms with van der Waals surface area (Å²) in [4.78, 5) is 12.6. The molecule has 1 fully saturated rings. The van der Waals surface area contributed by atoms with E-state index >= 15 is 0 Å². The third-order valence-corrected chi connectivity index (χ3v) is 6.80. The van der Waals surface area contributed by atoms with Crippen molar-refractivity contribution in [1.29, 1.82) is 0 Å². The Morgan fingerprint density at radius 1 is 1.41 bits per heavy atom. The van der Waals surface area contributed by atoms with Gasteiger partial charge in [-0.05, 0) is 50.5 Å². The molecule has 1 aliphatic rings. The predicted molar refractivity (Wildman–Crippen MR) is 85.5 cm³/mol. The zero-order valence-electron chi connectivity index (χ0n) is 13.3. The highest BCUT2D eigenvalue weighted by molar-refractivity contribution is 7.91. The molecular weight excluding hydrogens is 304 g/mol. The maximum atomic E-state index is 12.6. The SMILES string of the molecule is COc1ccc(NC(=O)[C@]2(C)CCCN(C)S2(=O)=O)c(C)c1. The summed E-state index contributed by atoms with van der Waals surface area (Å²) in [5.74, 6) is 0.194. The zero-order valence-corrected chi connectivity index (χ0v) is 14.2. The van der Waals surface area contributed by atoms with Crippen molar-refractivity contribution in [1.82, 2.24) is 4.31 Å². The van der Waals surface area contributed by atoms with Crippen molar-refractivity contribution in [2.24, 2.45) is 0 Å². The highest BCUT2D eigenvalue weighted by atomic mass is 32.2. The Kier molecular flexibility index (Phi) is 4.49. The summed E-state index contributed by atoms with van der Waals surface area (Å²) in [6, 6.07) is 5.24. The van der Waals surface area contributed by atoms with Crippen molar-refractivity contribution >= 4 is 21.6 Å². The molecule has 22 heavy (non-hydrogen) atoms. The first-order chi connectivity index (χ1) is 10.2. The lowest BCUT2D eigenvalue weighted by atomic mass is 10.0. The number of nitrogens with zero attached hydrogens (tertiary/aromatic N) is 1. The van der Waals surface area contributed by atoms with Gasteiger partial charge < -0.3 is 10.1 Å². The van der Waals surface area contributed by atoms with Gasteiger partial charge in [0.2, 0.25) is 15.9 Å². The first kappa shape index (κ1) is 16.8. The second-order valence-electron chi connectivity index (χ2n) is 5.80. The number of anilines is 1. The topological polar surface area (TPSA) is 75.7 Å². The van der Waals surface area contributed by atoms with Crippen molar-refractivity contribution in [3.05, 3.63) is 23.8 Å². The molecule has 1 atom stereocenters. The van der Waals surface area contributed by atoms with Crippen molar-refractivity contribution in [2.75, 3.05) is 26.0 Å². The van der Waals surface area contributed by atoms with E-state index in [1.165, 1.54) is 18.3 Å². The molecule has 0 saturated carbocycles. The van der Waals surface area contributed by atoms with E-state index in [-0.39, 0.29) is 0 Å². The molecular formula is C15H22N2O4S. The molecule has 1 heterocycles. The Morgan fingerprint density at radius 2 is 2.09 bits per heavy atom. The largest absolute Gasteiger partial charge is 0.497 e. The highest BCUT2D eigenvalue weighted by Gasteiger charge is 2.50. The van der Waals surface area contributed by atoms with Gasteiger partial charge in [0.1, 0.15) is 5.75 Å². The van der Waals surface area contributed by atoms with E-state index in [4.69, 9.17) is 4.74 Å². The van der Waals surface area contributed by atoms with Gasteiger partial charge in [0.25, 0.3) is 0 Å². The second kappa shape index (κ2) is 5.89. The number of amides is 1. The summed E-state index contributed by atoms with van der Waals surface area (Å²) in [6.07, 6.45) is 0.988. The van der Waals surface area contributed by atoms with Crippen LogP contribution in [0.15, 0.2) is 18.2 Å². The molecule has 6 nitrogen and oxygen atoms in total. The molecule has 122 valence electrons. The normalized spacial score (nSPS) is 24.7. The Morgan fingerprint density at radius 3 is 2.68 bits per heavy atom. The van der Waals surface area contributed by atoms with E-state index in [1.807, 2.05) is 6.92 Å². The molecule has 0 radical (unpaired) electrons. The number of carbonyl (C=O) groups excluding carboxylic acids is 1. The molecule has 0 bridgehead atoms. The van der Waals surface area contributed by atoms with Gasteiger partial charge >= 0.3 is 0 Å². The molecule has 0 spiro atoms. The van der Waals surface area contributed by atoms with E-state index in [9.17, 15) is 13.2 Å². The van der Waals surface area contributed by atoms with E-state index in [1.54, 1.807) is 25.3 Å². The Hall–Kier alpha value is -1.60. The van der Waals surface area contributed by atoms with Crippen molar-refractivity contribution in [3.63, 3.8) is 0 Å². The van der Waals surface area contributed by atoms with Crippen LogP contribution >= 0.6 is 0 Å². The fourth-order valence-corrected chi connectivity index (χ4v) is 4.37. The molecule has 0 aliphatic carbocycles. The van der Waals surface area contributed by atoms with Crippen LogP contribution < -0.4 is 10.1 Å². The molecule has 0 unspecified atom stereocenters. The molecule has 1 amide bonds. The lowest BCUT2D eigenvalue weighted by Crippen LogP contribution is -2.56. The summed E-state index contributed by atoms with van der Waals surface area (Å²) < 4.78 is 29.9. The molecule has 1 aromatic carbocycles. The van der Waals surface area contributed by atoms with Crippen LogP contribution in [-0.2, 0) is 14.8 Å². The molecule has 1 N–H and O–H groups in total. The fraction of sp³-hybridized carbons (Fsp3) is 0.533. The number of nitrogens with one attached hydrogen (secondary N) is 1. The van der Waals surface area contributed by atoms with Crippen molar-refractivity contribution < 1.29 is 17.9 Å². The maximum Gasteiger partial charge on any atom is 0.246 e. The number of rotatable bonds is 3. The summed E-state index contributed by atoms with van der Waals surface area (Å²) in [5, 5.41) is 2.75. The third-order valence-electron chi connectivity index (χ3n) is 4.27. The standard InChI is InChI=1S/C15H22N2O4S/c1-11-10-12(21-4)6-7-13(11)16-14(18)15(2)8-5-9-17(3)22(15,19)20/h6-7,10H,5,8-9H2,1-4H3,(H,16,18)/t15-/m0/s1. The number of hydrogen-bond acceptors (Lipinski definition) is 4. The number of ether oxygens (including phenoxy) is 1. The van der Waals surface area contributed by atoms with Gasteiger partial charge in [-0.2, -0.15) is 0 Å². The molecule has 1 aromatic rings. The summed E-state index contributed by atoms with van der Waals surface area (Å²) >= 11 is 0. The lowest BCUT2D eigenvalue weighted by molar-refractivity contribution is -0.118. The van der Waals surface area contributed by atoms with Gasteiger partial charge in [0.05, 0.1) is 7.11 Å². The van der Waals surface area contributed by atoms with Gasteiger partial charge in [-0.25, -0.2) is 12.7 Å². The van der Waals surface area contributed by atoms with Crippen LogP contribution in [0.2, 0.25) is 0 Å². The minimum Gasteiger partial charge on any atom is -0.497 e. The molecule has 0 aromatic heterocycles. The summed E-state index contributed by atoms with van der Waals surface area (Å²) in [7, 11) is -0.570. The van der Waals surface area contributed by atoms with Crippen LogP contribution in [0, 0.1) is 6.92 Å². The maximum absolute atomic E-state index is 12.6. The van der Waals surface area contributed by atoms with Crippen molar-refractivity contribution in [3.8, 4) is 5.75 Å². The first-order valence-electron chi connectivity index (χ1n) is 7.14. The summed E-state index contributed by atoms with van der Waals surface area (Å²) in [5.41, 5.74) is 1.41. The average Bonchev–Trinajstić information content (AvgIpc) is 2.47. The fourth-order valence-electron chi connectivity index (χ4n) is 2.62. The smallest absolute Gasteiger partial charge is 0.246 e. The van der Waals surface area contributed by atoms with Gasteiger partial charge in [-0.3, -0.25) is 4.79 Å². The van der Waals surface area contributed by atoms with Crippen molar-refractivity contribution in [2.45, 2.75) is 31.4 Å². The van der Waals surface area contributed by atoms with Crippen LogP contribution in [0.25, 0.3) is 0 Å². The van der Waals surface area contributed by atoms with Crippen LogP contribution in [0.4, 0.5) is 5.69 Å². The van der Waals surface area contributed by atoms with Crippen LogP contribution in [0.1, 0.15) is 25.3 Å². The molecule has 1 saturated heterocycles. The average molecular weight is 326 g/mol. The number of aryl methyl sites for hydroxylation is 1. The Bertz CT molecular complexity index is 687. The van der Waals surface area contributed by atoms with Gasteiger partial charge in [0.15, 0.2) is 4.75 Å². The Balaban J connectivity index is 2.28. The monoisotopic (exact) mass is 326 g/mol. The van der Waals surface area contributed by atoms with Gasteiger partial charge in [-0.1, -0.05) is 0 Å². The lowest BCUT2D eigenvalue weighted by Gasteiger charge is -2.36.